The SMILES string of the molecule is Cc1ccc(NC2CCN(C(=O)c3cc4c(s3)CCC4)CC2)nn1. The van der Waals surface area contributed by atoms with Crippen molar-refractivity contribution in [3.05, 3.63) is 39.2 Å². The number of hydrogen-bond acceptors (Lipinski definition) is 5. The summed E-state index contributed by atoms with van der Waals surface area (Å²) in [5, 5.41) is 11.7. The van der Waals surface area contributed by atoms with Crippen LogP contribution in [-0.2, 0) is 12.8 Å². The number of thiophene rings is 1. The second-order valence-electron chi connectivity index (χ2n) is 6.68. The van der Waals surface area contributed by atoms with Gasteiger partial charge in [-0.05, 0) is 62.8 Å². The molecule has 2 aromatic heterocycles. The van der Waals surface area contributed by atoms with Gasteiger partial charge in [-0.2, -0.15) is 5.10 Å². The third kappa shape index (κ3) is 3.15. The van der Waals surface area contributed by atoms with Crippen LogP contribution in [0.2, 0.25) is 0 Å². The van der Waals surface area contributed by atoms with Crippen molar-refractivity contribution in [1.29, 1.82) is 0 Å². The Labute approximate surface area is 146 Å². The summed E-state index contributed by atoms with van der Waals surface area (Å²) in [7, 11) is 0. The number of aryl methyl sites for hydroxylation is 3. The van der Waals surface area contributed by atoms with E-state index >= 15 is 0 Å². The number of nitrogens with one attached hydrogen (secondary N) is 1. The third-order valence-corrected chi connectivity index (χ3v) is 6.11. The van der Waals surface area contributed by atoms with Crippen molar-refractivity contribution >= 4 is 23.1 Å². The summed E-state index contributed by atoms with van der Waals surface area (Å²) in [4.78, 5) is 17.1. The first-order valence-corrected chi connectivity index (χ1v) is 9.48. The average molecular weight is 342 g/mol. The average Bonchev–Trinajstić information content (AvgIpc) is 3.19. The molecule has 0 saturated carbocycles. The smallest absolute Gasteiger partial charge is 0.263 e. The van der Waals surface area contributed by atoms with Crippen molar-refractivity contribution in [2.75, 3.05) is 18.4 Å². The lowest BCUT2D eigenvalue weighted by atomic mass is 10.0. The molecule has 1 saturated heterocycles. The van der Waals surface area contributed by atoms with Gasteiger partial charge in [0.2, 0.25) is 0 Å². The lowest BCUT2D eigenvalue weighted by molar-refractivity contribution is 0.0723. The summed E-state index contributed by atoms with van der Waals surface area (Å²) in [6.45, 7) is 3.54. The van der Waals surface area contributed by atoms with E-state index in [1.54, 1.807) is 11.3 Å². The van der Waals surface area contributed by atoms with Crippen molar-refractivity contribution in [3.8, 4) is 0 Å². The number of hydrogen-bond donors (Lipinski definition) is 1. The fourth-order valence-corrected chi connectivity index (χ4v) is 4.72. The minimum atomic E-state index is 0.211. The van der Waals surface area contributed by atoms with Gasteiger partial charge in [0.15, 0.2) is 0 Å². The Hall–Kier alpha value is -1.95. The Balaban J connectivity index is 1.33. The molecule has 1 N–H and O–H groups in total. The van der Waals surface area contributed by atoms with Crippen molar-refractivity contribution in [1.82, 2.24) is 15.1 Å². The minimum Gasteiger partial charge on any atom is -0.366 e. The van der Waals surface area contributed by atoms with Gasteiger partial charge in [0.1, 0.15) is 5.82 Å². The van der Waals surface area contributed by atoms with E-state index in [9.17, 15) is 4.79 Å². The fraction of sp³-hybridized carbons (Fsp3) is 0.500. The fourth-order valence-electron chi connectivity index (χ4n) is 3.50. The lowest BCUT2D eigenvalue weighted by Gasteiger charge is -2.32. The van der Waals surface area contributed by atoms with Gasteiger partial charge in [0, 0.05) is 24.0 Å². The topological polar surface area (TPSA) is 58.1 Å². The Kier molecular flexibility index (Phi) is 4.22. The normalized spacial score (nSPS) is 17.8. The highest BCUT2D eigenvalue weighted by molar-refractivity contribution is 7.14. The predicted molar refractivity (Wildman–Crippen MR) is 95.7 cm³/mol. The number of carbonyl (C=O) groups is 1. The number of likely N-dealkylation sites (tertiary alicyclic amines) is 1. The summed E-state index contributed by atoms with van der Waals surface area (Å²) in [5.74, 6) is 1.03. The van der Waals surface area contributed by atoms with Crippen LogP contribution in [0.3, 0.4) is 0 Å². The molecule has 0 atom stereocenters. The number of piperidine rings is 1. The summed E-state index contributed by atoms with van der Waals surface area (Å²) in [5.41, 5.74) is 2.32. The maximum absolute atomic E-state index is 12.7. The van der Waals surface area contributed by atoms with E-state index in [4.69, 9.17) is 0 Å². The van der Waals surface area contributed by atoms with Crippen molar-refractivity contribution in [2.24, 2.45) is 0 Å². The second-order valence-corrected chi connectivity index (χ2v) is 7.82. The molecule has 24 heavy (non-hydrogen) atoms. The summed E-state index contributed by atoms with van der Waals surface area (Å²) in [6, 6.07) is 6.41. The highest BCUT2D eigenvalue weighted by atomic mass is 32.1. The number of carbonyl (C=O) groups excluding carboxylic acids is 1. The van der Waals surface area contributed by atoms with Crippen molar-refractivity contribution in [2.45, 2.75) is 45.1 Å². The van der Waals surface area contributed by atoms with E-state index in [1.165, 1.54) is 16.9 Å². The molecule has 0 unspecified atom stereocenters. The zero-order valence-corrected chi connectivity index (χ0v) is 14.7. The third-order valence-electron chi connectivity index (χ3n) is 4.89. The van der Waals surface area contributed by atoms with E-state index in [0.29, 0.717) is 6.04 Å². The van der Waals surface area contributed by atoms with E-state index in [2.05, 4.69) is 21.6 Å². The molecule has 1 fully saturated rings. The quantitative estimate of drug-likeness (QED) is 0.931. The van der Waals surface area contributed by atoms with Crippen LogP contribution in [0.4, 0.5) is 5.82 Å². The summed E-state index contributed by atoms with van der Waals surface area (Å²) >= 11 is 1.70. The Morgan fingerprint density at radius 2 is 2.08 bits per heavy atom. The van der Waals surface area contributed by atoms with Gasteiger partial charge in [-0.25, -0.2) is 0 Å². The van der Waals surface area contributed by atoms with Crippen LogP contribution < -0.4 is 5.32 Å². The predicted octanol–water partition coefficient (Wildman–Crippen LogP) is 3.05. The second kappa shape index (κ2) is 6.51. The maximum atomic E-state index is 12.7. The van der Waals surface area contributed by atoms with E-state index in [-0.39, 0.29) is 5.91 Å². The largest absolute Gasteiger partial charge is 0.366 e. The van der Waals surface area contributed by atoms with Gasteiger partial charge in [-0.3, -0.25) is 4.79 Å². The number of fused-ring (bicyclic) bond motifs is 1. The molecular weight excluding hydrogens is 320 g/mol. The Bertz CT molecular complexity index is 710. The van der Waals surface area contributed by atoms with Crippen LogP contribution in [0, 0.1) is 6.92 Å². The number of rotatable bonds is 3. The van der Waals surface area contributed by atoms with Crippen molar-refractivity contribution < 1.29 is 4.79 Å². The van der Waals surface area contributed by atoms with Gasteiger partial charge in [-0.1, -0.05) is 0 Å². The van der Waals surface area contributed by atoms with Gasteiger partial charge < -0.3 is 10.2 Å². The highest BCUT2D eigenvalue weighted by Gasteiger charge is 2.26. The van der Waals surface area contributed by atoms with E-state index in [0.717, 1.165) is 55.2 Å². The first-order chi connectivity index (χ1) is 11.7. The maximum Gasteiger partial charge on any atom is 0.263 e. The number of nitrogens with zero attached hydrogens (tertiary/aromatic N) is 3. The molecular formula is C18H22N4OS. The summed E-state index contributed by atoms with van der Waals surface area (Å²) in [6.07, 6.45) is 5.44. The molecule has 5 nitrogen and oxygen atoms in total. The molecule has 3 heterocycles. The molecule has 2 aromatic rings. The van der Waals surface area contributed by atoms with Crippen molar-refractivity contribution in [3.63, 3.8) is 0 Å². The molecule has 0 bridgehead atoms. The van der Waals surface area contributed by atoms with E-state index < -0.39 is 0 Å². The van der Waals surface area contributed by atoms with Crippen LogP contribution in [0.15, 0.2) is 18.2 Å². The van der Waals surface area contributed by atoms with Crippen LogP contribution in [0.5, 0.6) is 0 Å². The molecule has 0 radical (unpaired) electrons. The molecule has 0 aromatic carbocycles. The Morgan fingerprint density at radius 1 is 1.25 bits per heavy atom. The van der Waals surface area contributed by atoms with Gasteiger partial charge in [0.25, 0.3) is 5.91 Å². The van der Waals surface area contributed by atoms with Crippen LogP contribution in [0.1, 0.15) is 45.1 Å². The standard InChI is InChI=1S/C18H22N4OS/c1-12-5-6-17(21-20-12)19-14-7-9-22(10-8-14)18(23)16-11-13-3-2-4-15(13)24-16/h5-6,11,14H,2-4,7-10H2,1H3,(H,19,21). The molecule has 1 aliphatic carbocycles. The first kappa shape index (κ1) is 15.6. The number of aromatic nitrogens is 2. The highest BCUT2D eigenvalue weighted by Crippen LogP contribution is 2.31. The molecule has 6 heteroatoms. The van der Waals surface area contributed by atoms with Crippen LogP contribution in [0.25, 0.3) is 0 Å². The summed E-state index contributed by atoms with van der Waals surface area (Å²) < 4.78 is 0. The Morgan fingerprint density at radius 3 is 2.79 bits per heavy atom. The molecule has 4 rings (SSSR count). The van der Waals surface area contributed by atoms with Gasteiger partial charge >= 0.3 is 0 Å². The van der Waals surface area contributed by atoms with Crippen LogP contribution in [-0.4, -0.2) is 40.1 Å². The minimum absolute atomic E-state index is 0.211. The van der Waals surface area contributed by atoms with Crippen LogP contribution >= 0.6 is 11.3 Å². The number of amides is 1. The monoisotopic (exact) mass is 342 g/mol. The van der Waals surface area contributed by atoms with Gasteiger partial charge in [-0.15, -0.1) is 16.4 Å². The first-order valence-electron chi connectivity index (χ1n) is 8.67. The zero-order valence-electron chi connectivity index (χ0n) is 13.9. The number of anilines is 1. The molecule has 1 amide bonds. The van der Waals surface area contributed by atoms with Gasteiger partial charge in [0.05, 0.1) is 10.6 Å². The molecule has 2 aliphatic rings. The zero-order chi connectivity index (χ0) is 16.5. The molecule has 126 valence electrons. The van der Waals surface area contributed by atoms with E-state index in [1.807, 2.05) is 24.0 Å². The lowest BCUT2D eigenvalue weighted by Crippen LogP contribution is -2.42. The molecule has 0 spiro atoms. The molecule has 1 aliphatic heterocycles.